The Morgan fingerprint density at radius 2 is 1.88 bits per heavy atom. The molecule has 0 bridgehead atoms. The van der Waals surface area contributed by atoms with Crippen LogP contribution in [0, 0.1) is 16.7 Å². The SMILES string of the molecule is CC(=O)OC1CCC2C(C)(C)CCCC2(C)C1. The van der Waals surface area contributed by atoms with Gasteiger partial charge < -0.3 is 4.74 Å². The van der Waals surface area contributed by atoms with Crippen molar-refractivity contribution in [2.75, 3.05) is 0 Å². The summed E-state index contributed by atoms with van der Waals surface area (Å²) < 4.78 is 5.43. The van der Waals surface area contributed by atoms with Crippen molar-refractivity contribution in [3.63, 3.8) is 0 Å². The zero-order chi connectivity index (χ0) is 12.7. The van der Waals surface area contributed by atoms with E-state index in [4.69, 9.17) is 4.74 Å². The second-order valence-electron chi connectivity index (χ2n) is 7.06. The molecule has 0 spiro atoms. The number of esters is 1. The third-order valence-corrected chi connectivity index (χ3v) is 5.16. The van der Waals surface area contributed by atoms with Crippen molar-refractivity contribution in [2.45, 2.75) is 72.3 Å². The molecule has 0 aromatic carbocycles. The fraction of sp³-hybridized carbons (Fsp3) is 0.933. The van der Waals surface area contributed by atoms with Crippen LogP contribution < -0.4 is 0 Å². The smallest absolute Gasteiger partial charge is 0.302 e. The van der Waals surface area contributed by atoms with Gasteiger partial charge in [0.15, 0.2) is 0 Å². The maximum atomic E-state index is 11.1. The van der Waals surface area contributed by atoms with Gasteiger partial charge in [-0.2, -0.15) is 0 Å². The van der Waals surface area contributed by atoms with Crippen molar-refractivity contribution in [3.8, 4) is 0 Å². The predicted molar refractivity (Wildman–Crippen MR) is 68.6 cm³/mol. The van der Waals surface area contributed by atoms with E-state index in [0.29, 0.717) is 10.8 Å². The molecule has 0 N–H and O–H groups in total. The molecule has 0 aromatic heterocycles. The van der Waals surface area contributed by atoms with Gasteiger partial charge in [-0.3, -0.25) is 4.79 Å². The number of fused-ring (bicyclic) bond motifs is 1. The molecule has 0 heterocycles. The summed E-state index contributed by atoms with van der Waals surface area (Å²) in [6.07, 6.45) is 7.50. The van der Waals surface area contributed by atoms with Gasteiger partial charge in [-0.1, -0.05) is 27.2 Å². The third kappa shape index (κ3) is 2.51. The van der Waals surface area contributed by atoms with Gasteiger partial charge in [0.1, 0.15) is 6.10 Å². The molecule has 2 aliphatic carbocycles. The summed E-state index contributed by atoms with van der Waals surface area (Å²) in [5, 5.41) is 0. The van der Waals surface area contributed by atoms with Crippen LogP contribution in [-0.2, 0) is 9.53 Å². The van der Waals surface area contributed by atoms with E-state index in [1.165, 1.54) is 32.6 Å². The second kappa shape index (κ2) is 4.29. The highest BCUT2D eigenvalue weighted by Crippen LogP contribution is 2.57. The summed E-state index contributed by atoms with van der Waals surface area (Å²) in [5.41, 5.74) is 0.855. The first kappa shape index (κ1) is 12.9. The van der Waals surface area contributed by atoms with Gasteiger partial charge in [-0.15, -0.1) is 0 Å². The molecule has 2 nitrogen and oxygen atoms in total. The number of carbonyl (C=O) groups is 1. The van der Waals surface area contributed by atoms with Gasteiger partial charge in [0.05, 0.1) is 0 Å². The Labute approximate surface area is 105 Å². The lowest BCUT2D eigenvalue weighted by Crippen LogP contribution is -2.47. The predicted octanol–water partition coefficient (Wildman–Crippen LogP) is 3.93. The summed E-state index contributed by atoms with van der Waals surface area (Å²) in [6.45, 7) is 8.77. The highest BCUT2D eigenvalue weighted by Gasteiger charge is 2.49. The maximum Gasteiger partial charge on any atom is 0.302 e. The summed E-state index contributed by atoms with van der Waals surface area (Å²) in [4.78, 5) is 11.1. The largest absolute Gasteiger partial charge is 0.463 e. The fourth-order valence-electron chi connectivity index (χ4n) is 4.53. The van der Waals surface area contributed by atoms with E-state index in [1.54, 1.807) is 0 Å². The van der Waals surface area contributed by atoms with Gasteiger partial charge in [-0.05, 0) is 48.9 Å². The Hall–Kier alpha value is -0.530. The molecule has 17 heavy (non-hydrogen) atoms. The lowest BCUT2D eigenvalue weighted by atomic mass is 9.51. The number of ether oxygens (including phenoxy) is 1. The quantitative estimate of drug-likeness (QED) is 0.647. The summed E-state index contributed by atoms with van der Waals surface area (Å²) in [7, 11) is 0. The van der Waals surface area contributed by atoms with E-state index >= 15 is 0 Å². The Morgan fingerprint density at radius 1 is 1.18 bits per heavy atom. The van der Waals surface area contributed by atoms with Crippen molar-refractivity contribution in [3.05, 3.63) is 0 Å². The molecule has 0 aliphatic heterocycles. The minimum Gasteiger partial charge on any atom is -0.463 e. The molecule has 3 unspecified atom stereocenters. The van der Waals surface area contributed by atoms with Crippen LogP contribution in [0.5, 0.6) is 0 Å². The van der Waals surface area contributed by atoms with E-state index < -0.39 is 0 Å². The maximum absolute atomic E-state index is 11.1. The molecule has 3 atom stereocenters. The summed E-state index contributed by atoms with van der Waals surface area (Å²) >= 11 is 0. The molecule has 0 aromatic rings. The molecule has 2 rings (SSSR count). The first-order chi connectivity index (χ1) is 7.83. The van der Waals surface area contributed by atoms with Crippen LogP contribution in [0.25, 0.3) is 0 Å². The van der Waals surface area contributed by atoms with Crippen molar-refractivity contribution in [1.29, 1.82) is 0 Å². The lowest BCUT2D eigenvalue weighted by Gasteiger charge is -2.55. The van der Waals surface area contributed by atoms with Gasteiger partial charge in [0, 0.05) is 6.92 Å². The van der Waals surface area contributed by atoms with Gasteiger partial charge in [0.25, 0.3) is 0 Å². The van der Waals surface area contributed by atoms with Crippen LogP contribution in [-0.4, -0.2) is 12.1 Å². The molecule has 2 heteroatoms. The third-order valence-electron chi connectivity index (χ3n) is 5.16. The number of hydrogen-bond acceptors (Lipinski definition) is 2. The average molecular weight is 238 g/mol. The molecular formula is C15H26O2. The fourth-order valence-corrected chi connectivity index (χ4v) is 4.53. The Morgan fingerprint density at radius 3 is 2.53 bits per heavy atom. The van der Waals surface area contributed by atoms with E-state index in [9.17, 15) is 4.79 Å². The highest BCUT2D eigenvalue weighted by molar-refractivity contribution is 5.66. The van der Waals surface area contributed by atoms with Crippen LogP contribution >= 0.6 is 0 Å². The zero-order valence-corrected chi connectivity index (χ0v) is 11.7. The van der Waals surface area contributed by atoms with Crippen molar-refractivity contribution < 1.29 is 9.53 Å². The van der Waals surface area contributed by atoms with Crippen LogP contribution in [0.15, 0.2) is 0 Å². The molecular weight excluding hydrogens is 212 g/mol. The highest BCUT2D eigenvalue weighted by atomic mass is 16.5. The molecule has 98 valence electrons. The van der Waals surface area contributed by atoms with E-state index in [2.05, 4.69) is 20.8 Å². The molecule has 0 saturated heterocycles. The molecule has 2 aliphatic rings. The van der Waals surface area contributed by atoms with Gasteiger partial charge in [0.2, 0.25) is 0 Å². The summed E-state index contributed by atoms with van der Waals surface area (Å²) in [5.74, 6) is 0.683. The van der Waals surface area contributed by atoms with Crippen molar-refractivity contribution >= 4 is 5.97 Å². The van der Waals surface area contributed by atoms with Crippen LogP contribution in [0.3, 0.4) is 0 Å². The number of carbonyl (C=O) groups excluding carboxylic acids is 1. The minimum absolute atomic E-state index is 0.118. The van der Waals surface area contributed by atoms with Crippen LogP contribution in [0.2, 0.25) is 0 Å². The topological polar surface area (TPSA) is 26.3 Å². The lowest BCUT2D eigenvalue weighted by molar-refractivity contribution is -0.155. The molecule has 2 fully saturated rings. The zero-order valence-electron chi connectivity index (χ0n) is 11.7. The Bertz CT molecular complexity index is 308. The Kier molecular flexibility index (Phi) is 3.26. The van der Waals surface area contributed by atoms with Crippen molar-refractivity contribution in [2.24, 2.45) is 16.7 Å². The van der Waals surface area contributed by atoms with E-state index in [0.717, 1.165) is 18.8 Å². The first-order valence-electron chi connectivity index (χ1n) is 7.01. The van der Waals surface area contributed by atoms with Crippen LogP contribution in [0.4, 0.5) is 0 Å². The van der Waals surface area contributed by atoms with Gasteiger partial charge in [-0.25, -0.2) is 0 Å². The number of hydrogen-bond donors (Lipinski definition) is 0. The Balaban J connectivity index is 2.10. The second-order valence-corrected chi connectivity index (χ2v) is 7.06. The normalized spacial score (nSPS) is 40.5. The summed E-state index contributed by atoms with van der Waals surface area (Å²) in [6, 6.07) is 0. The monoisotopic (exact) mass is 238 g/mol. The first-order valence-corrected chi connectivity index (χ1v) is 7.01. The minimum atomic E-state index is -0.118. The molecule has 0 amide bonds. The number of rotatable bonds is 1. The standard InChI is InChI=1S/C15H26O2/c1-11(16)17-12-6-7-13-14(2,3)8-5-9-15(13,4)10-12/h12-13H,5-10H2,1-4H3. The molecule has 0 radical (unpaired) electrons. The van der Waals surface area contributed by atoms with Gasteiger partial charge >= 0.3 is 5.97 Å². The van der Waals surface area contributed by atoms with Crippen molar-refractivity contribution in [1.82, 2.24) is 0 Å². The van der Waals surface area contributed by atoms with Crippen LogP contribution in [0.1, 0.15) is 66.2 Å². The molecule has 2 saturated carbocycles. The average Bonchev–Trinajstić information content (AvgIpc) is 2.13. The van der Waals surface area contributed by atoms with E-state index in [-0.39, 0.29) is 12.1 Å². The van der Waals surface area contributed by atoms with E-state index in [1.807, 2.05) is 0 Å².